The third-order valence-corrected chi connectivity index (χ3v) is 3.65. The van der Waals surface area contributed by atoms with Crippen LogP contribution in [0.3, 0.4) is 0 Å². The van der Waals surface area contributed by atoms with Crippen molar-refractivity contribution in [3.63, 3.8) is 0 Å². The number of hydrogen-bond donors (Lipinski definition) is 0. The summed E-state index contributed by atoms with van der Waals surface area (Å²) in [6, 6.07) is 8.46. The molecule has 0 aliphatic carbocycles. The van der Waals surface area contributed by atoms with Gasteiger partial charge in [-0.15, -0.1) is 0 Å². The van der Waals surface area contributed by atoms with Gasteiger partial charge in [0.25, 0.3) is 0 Å². The molecule has 0 N–H and O–H groups in total. The zero-order valence-corrected chi connectivity index (χ0v) is 11.4. The molecular formula is C16H18N2O. The number of rotatable bonds is 2. The Morgan fingerprint density at radius 3 is 3.00 bits per heavy atom. The molecule has 1 amide bonds. The monoisotopic (exact) mass is 254 g/mol. The predicted molar refractivity (Wildman–Crippen MR) is 77.4 cm³/mol. The summed E-state index contributed by atoms with van der Waals surface area (Å²) in [5, 5.41) is 1.16. The van der Waals surface area contributed by atoms with Gasteiger partial charge in [0.1, 0.15) is 5.82 Å². The van der Waals surface area contributed by atoms with Crippen molar-refractivity contribution in [1.82, 2.24) is 4.98 Å². The molecule has 0 atom stereocenters. The molecule has 3 nitrogen and oxygen atoms in total. The lowest BCUT2D eigenvalue weighted by molar-refractivity contribution is -0.118. The van der Waals surface area contributed by atoms with Gasteiger partial charge in [0, 0.05) is 18.4 Å². The van der Waals surface area contributed by atoms with Gasteiger partial charge in [0.05, 0.1) is 5.52 Å². The summed E-state index contributed by atoms with van der Waals surface area (Å²) >= 11 is 0. The van der Waals surface area contributed by atoms with Gasteiger partial charge >= 0.3 is 0 Å². The van der Waals surface area contributed by atoms with Crippen molar-refractivity contribution in [2.75, 3.05) is 11.4 Å². The van der Waals surface area contributed by atoms with Crippen molar-refractivity contribution in [3.8, 4) is 0 Å². The van der Waals surface area contributed by atoms with Crippen LogP contribution >= 0.6 is 0 Å². The highest BCUT2D eigenvalue weighted by atomic mass is 16.2. The second-order valence-electron chi connectivity index (χ2n) is 5.21. The molecule has 19 heavy (non-hydrogen) atoms. The summed E-state index contributed by atoms with van der Waals surface area (Å²) in [6.07, 6.45) is 2.41. The minimum absolute atomic E-state index is 0.195. The average molecular weight is 254 g/mol. The highest BCUT2D eigenvalue weighted by Gasteiger charge is 2.25. The first-order valence-electron chi connectivity index (χ1n) is 6.89. The number of aryl methyl sites for hydroxylation is 1. The second kappa shape index (κ2) is 4.65. The number of benzene rings is 1. The van der Waals surface area contributed by atoms with Crippen LogP contribution in [0.4, 0.5) is 5.82 Å². The average Bonchev–Trinajstić information content (AvgIpc) is 2.79. The number of aromatic nitrogens is 1. The fourth-order valence-electron chi connectivity index (χ4n) is 2.66. The zero-order chi connectivity index (χ0) is 13.4. The molecule has 0 saturated carbocycles. The van der Waals surface area contributed by atoms with Crippen molar-refractivity contribution in [3.05, 3.63) is 35.4 Å². The maximum absolute atomic E-state index is 12.1. The van der Waals surface area contributed by atoms with E-state index < -0.39 is 0 Å². The van der Waals surface area contributed by atoms with Crippen LogP contribution in [0.15, 0.2) is 24.3 Å². The van der Waals surface area contributed by atoms with Gasteiger partial charge in [0.2, 0.25) is 5.91 Å². The van der Waals surface area contributed by atoms with Crippen molar-refractivity contribution in [2.24, 2.45) is 0 Å². The van der Waals surface area contributed by atoms with Gasteiger partial charge in [-0.25, -0.2) is 4.98 Å². The van der Waals surface area contributed by atoms with Crippen LogP contribution in [0.1, 0.15) is 30.9 Å². The van der Waals surface area contributed by atoms with E-state index >= 15 is 0 Å². The molecule has 1 aromatic carbocycles. The summed E-state index contributed by atoms with van der Waals surface area (Å²) < 4.78 is 0. The molecule has 1 aliphatic heterocycles. The van der Waals surface area contributed by atoms with E-state index in [1.807, 2.05) is 11.8 Å². The molecule has 3 rings (SSSR count). The Balaban J connectivity index is 2.07. The lowest BCUT2D eigenvalue weighted by Crippen LogP contribution is -2.29. The molecule has 2 aromatic rings. The van der Waals surface area contributed by atoms with Gasteiger partial charge in [-0.05, 0) is 43.0 Å². The number of anilines is 1. The highest BCUT2D eigenvalue weighted by molar-refractivity contribution is 5.96. The standard InChI is InChI=1S/C16H18N2O/c1-3-4-15(19)18-8-7-13-10-12-6-5-11(2)9-14(12)17-16(13)18/h5-6,9-10H,3-4,7-8H2,1-2H3. The Morgan fingerprint density at radius 1 is 1.37 bits per heavy atom. The maximum atomic E-state index is 12.1. The summed E-state index contributed by atoms with van der Waals surface area (Å²) in [4.78, 5) is 18.7. The minimum atomic E-state index is 0.195. The fourth-order valence-corrected chi connectivity index (χ4v) is 2.66. The number of amides is 1. The van der Waals surface area contributed by atoms with E-state index in [4.69, 9.17) is 4.98 Å². The van der Waals surface area contributed by atoms with Crippen LogP contribution in [0.5, 0.6) is 0 Å². The topological polar surface area (TPSA) is 33.2 Å². The Kier molecular flexibility index (Phi) is 2.97. The van der Waals surface area contributed by atoms with Gasteiger partial charge in [-0.3, -0.25) is 9.69 Å². The number of carbonyl (C=O) groups is 1. The minimum Gasteiger partial charge on any atom is -0.296 e. The Hall–Kier alpha value is -1.90. The molecule has 1 aliphatic rings. The molecule has 0 bridgehead atoms. The van der Waals surface area contributed by atoms with E-state index in [9.17, 15) is 4.79 Å². The maximum Gasteiger partial charge on any atom is 0.228 e. The normalized spacial score (nSPS) is 13.9. The SMILES string of the molecule is CCCC(=O)N1CCc2cc3ccc(C)cc3nc21. The van der Waals surface area contributed by atoms with E-state index in [0.717, 1.165) is 36.1 Å². The highest BCUT2D eigenvalue weighted by Crippen LogP contribution is 2.30. The van der Waals surface area contributed by atoms with Gasteiger partial charge in [-0.2, -0.15) is 0 Å². The molecule has 98 valence electrons. The van der Waals surface area contributed by atoms with Crippen molar-refractivity contribution < 1.29 is 4.79 Å². The van der Waals surface area contributed by atoms with Crippen LogP contribution in [0.25, 0.3) is 10.9 Å². The molecule has 0 radical (unpaired) electrons. The molecular weight excluding hydrogens is 236 g/mol. The smallest absolute Gasteiger partial charge is 0.228 e. The summed E-state index contributed by atoms with van der Waals surface area (Å²) in [5.74, 6) is 1.07. The first kappa shape index (κ1) is 12.2. The molecule has 0 fully saturated rings. The molecule has 3 heteroatoms. The second-order valence-corrected chi connectivity index (χ2v) is 5.21. The van der Waals surface area contributed by atoms with E-state index in [1.54, 1.807) is 0 Å². The Labute approximate surface area is 113 Å². The third-order valence-electron chi connectivity index (χ3n) is 3.65. The van der Waals surface area contributed by atoms with Gasteiger partial charge < -0.3 is 0 Å². The zero-order valence-electron chi connectivity index (χ0n) is 11.4. The summed E-state index contributed by atoms with van der Waals surface area (Å²) in [7, 11) is 0. The van der Waals surface area contributed by atoms with Crippen molar-refractivity contribution >= 4 is 22.6 Å². The van der Waals surface area contributed by atoms with Crippen LogP contribution in [0, 0.1) is 6.92 Å². The lowest BCUT2D eigenvalue weighted by atomic mass is 10.1. The lowest BCUT2D eigenvalue weighted by Gasteiger charge is -2.16. The van der Waals surface area contributed by atoms with Crippen molar-refractivity contribution in [2.45, 2.75) is 33.1 Å². The van der Waals surface area contributed by atoms with Gasteiger partial charge in [-0.1, -0.05) is 19.1 Å². The van der Waals surface area contributed by atoms with E-state index in [2.05, 4.69) is 31.2 Å². The van der Waals surface area contributed by atoms with Crippen LogP contribution in [0.2, 0.25) is 0 Å². The quantitative estimate of drug-likeness (QED) is 0.824. The van der Waals surface area contributed by atoms with E-state index in [1.165, 1.54) is 11.1 Å². The molecule has 0 spiro atoms. The first-order valence-corrected chi connectivity index (χ1v) is 6.89. The largest absolute Gasteiger partial charge is 0.296 e. The number of carbonyl (C=O) groups excluding carboxylic acids is 1. The van der Waals surface area contributed by atoms with E-state index in [0.29, 0.717) is 6.42 Å². The number of fused-ring (bicyclic) bond motifs is 2. The van der Waals surface area contributed by atoms with Crippen LogP contribution in [-0.4, -0.2) is 17.4 Å². The summed E-state index contributed by atoms with van der Waals surface area (Å²) in [6.45, 7) is 4.87. The molecule has 1 aromatic heterocycles. The first-order chi connectivity index (χ1) is 9.19. The summed E-state index contributed by atoms with van der Waals surface area (Å²) in [5.41, 5.74) is 3.38. The Bertz CT molecular complexity index is 648. The van der Waals surface area contributed by atoms with E-state index in [-0.39, 0.29) is 5.91 Å². The number of hydrogen-bond acceptors (Lipinski definition) is 2. The number of pyridine rings is 1. The van der Waals surface area contributed by atoms with Crippen LogP contribution < -0.4 is 4.90 Å². The van der Waals surface area contributed by atoms with Crippen LogP contribution in [-0.2, 0) is 11.2 Å². The molecule has 0 saturated heterocycles. The molecule has 0 unspecified atom stereocenters. The Morgan fingerprint density at radius 2 is 2.21 bits per heavy atom. The fraction of sp³-hybridized carbons (Fsp3) is 0.375. The molecule has 2 heterocycles. The predicted octanol–water partition coefficient (Wildman–Crippen LogP) is 3.23. The van der Waals surface area contributed by atoms with Crippen molar-refractivity contribution in [1.29, 1.82) is 0 Å². The number of nitrogens with zero attached hydrogens (tertiary/aromatic N) is 2. The van der Waals surface area contributed by atoms with Gasteiger partial charge in [0.15, 0.2) is 0 Å². The third kappa shape index (κ3) is 2.09.